The van der Waals surface area contributed by atoms with Gasteiger partial charge < -0.3 is 31.2 Å². The molecule has 0 unspecified atom stereocenters. The summed E-state index contributed by atoms with van der Waals surface area (Å²) in [5.41, 5.74) is -0.743. The van der Waals surface area contributed by atoms with Crippen LogP contribution in [0.3, 0.4) is 0 Å². The van der Waals surface area contributed by atoms with Crippen molar-refractivity contribution in [1.82, 2.24) is 36.1 Å². The fourth-order valence-electron chi connectivity index (χ4n) is 7.06. The van der Waals surface area contributed by atoms with Gasteiger partial charge in [-0.1, -0.05) is 67.2 Å². The van der Waals surface area contributed by atoms with Gasteiger partial charge in [-0.05, 0) is 61.7 Å². The molecule has 1 saturated heterocycles. The molecule has 1 aliphatic heterocycles. The number of rotatable bonds is 14. The SMILES string of the molecule is CCC[C@H](NC(=O)[C@@H]1[C@@H](C(C)C)CCN1C(=O)[C@@H](NC(=O)[C@@H](NC(=O)c1ncc[nH]1)C1CCCCC1)C(C)(C)C)C(=O)C(=O)NC1CC1. The Bertz CT molecular complexity index is 1310. The Morgan fingerprint density at radius 1 is 0.958 bits per heavy atom. The number of ketones is 1. The molecule has 1 aromatic heterocycles. The lowest BCUT2D eigenvalue weighted by Crippen LogP contribution is -2.62. The lowest BCUT2D eigenvalue weighted by molar-refractivity contribution is -0.146. The van der Waals surface area contributed by atoms with Crippen LogP contribution in [0.2, 0.25) is 0 Å². The van der Waals surface area contributed by atoms with Crippen LogP contribution < -0.4 is 21.3 Å². The number of imidazole rings is 1. The highest BCUT2D eigenvalue weighted by Crippen LogP contribution is 2.34. The van der Waals surface area contributed by atoms with E-state index in [1.807, 2.05) is 41.5 Å². The van der Waals surface area contributed by atoms with Gasteiger partial charge in [0.2, 0.25) is 23.5 Å². The van der Waals surface area contributed by atoms with Crippen LogP contribution in [-0.4, -0.2) is 86.9 Å². The normalized spacial score (nSPS) is 22.0. The van der Waals surface area contributed by atoms with Crippen molar-refractivity contribution in [3.8, 4) is 0 Å². The first kappa shape index (κ1) is 37.1. The van der Waals surface area contributed by atoms with E-state index in [1.54, 1.807) is 0 Å². The third kappa shape index (κ3) is 9.22. The number of nitrogens with zero attached hydrogens (tertiary/aromatic N) is 2. The molecule has 2 heterocycles. The van der Waals surface area contributed by atoms with Gasteiger partial charge >= 0.3 is 0 Å². The minimum atomic E-state index is -1.00. The van der Waals surface area contributed by atoms with Crippen molar-refractivity contribution < 1.29 is 28.8 Å². The third-order valence-corrected chi connectivity index (χ3v) is 10.0. The minimum Gasteiger partial charge on any atom is -0.347 e. The van der Waals surface area contributed by atoms with Crippen molar-refractivity contribution in [3.05, 3.63) is 18.2 Å². The van der Waals surface area contributed by atoms with Crippen molar-refractivity contribution in [3.63, 3.8) is 0 Å². The number of Topliss-reactive ketones (excluding diaryl/α,β-unsaturated/α-hetero) is 1. The number of likely N-dealkylation sites (tertiary alicyclic amines) is 1. The molecule has 4 rings (SSSR count). The van der Waals surface area contributed by atoms with Gasteiger partial charge in [-0.15, -0.1) is 0 Å². The standard InChI is InChI=1S/C35H55N7O6/c1-7-11-24(27(43)32(46)38-22-14-15-22)39-31(45)26-23(20(2)3)16-19-42(26)34(48)28(35(4,5)6)41-30(44)25(21-12-9-8-10-13-21)40-33(47)29-36-17-18-37-29/h17-18,20-26,28H,7-16,19H2,1-6H3,(H,36,37)(H,38,46)(H,39,45)(H,40,47)(H,41,44)/t23-,24+,25+,26+,28-/m1/s1. The van der Waals surface area contributed by atoms with E-state index in [1.165, 1.54) is 17.3 Å². The van der Waals surface area contributed by atoms with Crippen molar-refractivity contribution in [2.24, 2.45) is 23.2 Å². The van der Waals surface area contributed by atoms with Crippen LogP contribution in [0.1, 0.15) is 116 Å². The molecule has 5 amide bonds. The summed E-state index contributed by atoms with van der Waals surface area (Å²) in [6.45, 7) is 11.7. The van der Waals surface area contributed by atoms with Gasteiger partial charge in [-0.3, -0.25) is 28.8 Å². The van der Waals surface area contributed by atoms with Crippen LogP contribution in [0.5, 0.6) is 0 Å². The zero-order valence-corrected chi connectivity index (χ0v) is 29.4. The van der Waals surface area contributed by atoms with Crippen LogP contribution in [-0.2, 0) is 24.0 Å². The lowest BCUT2D eigenvalue weighted by atomic mass is 9.82. The van der Waals surface area contributed by atoms with Crippen molar-refractivity contribution in [1.29, 1.82) is 0 Å². The van der Waals surface area contributed by atoms with Crippen LogP contribution in [0.15, 0.2) is 12.4 Å². The van der Waals surface area contributed by atoms with Crippen LogP contribution in [0, 0.1) is 23.2 Å². The van der Waals surface area contributed by atoms with Gasteiger partial charge in [-0.25, -0.2) is 4.98 Å². The van der Waals surface area contributed by atoms with Gasteiger partial charge in [-0.2, -0.15) is 0 Å². The Balaban J connectivity index is 1.56. The first-order valence-electron chi connectivity index (χ1n) is 17.8. The highest BCUT2D eigenvalue weighted by molar-refractivity contribution is 6.38. The predicted octanol–water partition coefficient (Wildman–Crippen LogP) is 2.63. The Kier molecular flexibility index (Phi) is 12.4. The molecule has 3 aliphatic rings. The summed E-state index contributed by atoms with van der Waals surface area (Å²) in [6.07, 6.45) is 10.6. The van der Waals surface area contributed by atoms with E-state index >= 15 is 0 Å². The smallest absolute Gasteiger partial charge is 0.289 e. The fraction of sp³-hybridized carbons (Fsp3) is 0.743. The topological polar surface area (TPSA) is 182 Å². The number of aromatic amines is 1. The Morgan fingerprint density at radius 2 is 1.65 bits per heavy atom. The Hall–Kier alpha value is -3.77. The molecule has 13 nitrogen and oxygen atoms in total. The summed E-state index contributed by atoms with van der Waals surface area (Å²) in [4.78, 5) is 89.7. The van der Waals surface area contributed by atoms with Gasteiger partial charge in [0.1, 0.15) is 18.1 Å². The largest absolute Gasteiger partial charge is 0.347 e. The first-order chi connectivity index (χ1) is 22.7. The zero-order chi connectivity index (χ0) is 35.2. The minimum absolute atomic E-state index is 0.00778. The maximum absolute atomic E-state index is 14.5. The summed E-state index contributed by atoms with van der Waals surface area (Å²) < 4.78 is 0. The maximum Gasteiger partial charge on any atom is 0.289 e. The van der Waals surface area contributed by atoms with Gasteiger partial charge in [0, 0.05) is 25.0 Å². The quantitative estimate of drug-likeness (QED) is 0.189. The van der Waals surface area contributed by atoms with Crippen molar-refractivity contribution >= 4 is 35.3 Å². The van der Waals surface area contributed by atoms with E-state index in [4.69, 9.17) is 0 Å². The van der Waals surface area contributed by atoms with Crippen LogP contribution in [0.25, 0.3) is 0 Å². The molecular weight excluding hydrogens is 614 g/mol. The predicted molar refractivity (Wildman–Crippen MR) is 179 cm³/mol. The average Bonchev–Trinajstić information content (AvgIpc) is 3.48. The van der Waals surface area contributed by atoms with E-state index in [0.717, 1.165) is 44.9 Å². The van der Waals surface area contributed by atoms with Crippen LogP contribution >= 0.6 is 0 Å². The summed E-state index contributed by atoms with van der Waals surface area (Å²) in [5, 5.41) is 11.4. The molecule has 3 fully saturated rings. The first-order valence-corrected chi connectivity index (χ1v) is 17.8. The molecule has 13 heteroatoms. The van der Waals surface area contributed by atoms with Crippen molar-refractivity contribution in [2.75, 3.05) is 6.54 Å². The number of aromatic nitrogens is 2. The summed E-state index contributed by atoms with van der Waals surface area (Å²) in [5.74, 6) is -3.35. The highest BCUT2D eigenvalue weighted by Gasteiger charge is 2.48. The number of carbonyl (C=O) groups excluding carboxylic acids is 6. The van der Waals surface area contributed by atoms with Gasteiger partial charge in [0.05, 0.1) is 6.04 Å². The average molecular weight is 670 g/mol. The molecule has 5 N–H and O–H groups in total. The highest BCUT2D eigenvalue weighted by atomic mass is 16.2. The van der Waals surface area contributed by atoms with E-state index in [2.05, 4.69) is 31.2 Å². The lowest BCUT2D eigenvalue weighted by Gasteiger charge is -2.38. The number of H-pyrrole nitrogens is 1. The second kappa shape index (κ2) is 16.1. The number of amides is 5. The maximum atomic E-state index is 14.5. The summed E-state index contributed by atoms with van der Waals surface area (Å²) >= 11 is 0. The molecule has 0 radical (unpaired) electrons. The number of hydrogen-bond donors (Lipinski definition) is 5. The monoisotopic (exact) mass is 669 g/mol. The van der Waals surface area contributed by atoms with Crippen LogP contribution in [0.4, 0.5) is 0 Å². The molecule has 1 aromatic rings. The molecule has 48 heavy (non-hydrogen) atoms. The van der Waals surface area contributed by atoms with E-state index in [0.29, 0.717) is 25.8 Å². The molecular formula is C35H55N7O6. The molecule has 2 saturated carbocycles. The Labute approximate surface area is 283 Å². The molecule has 5 atom stereocenters. The number of carbonyl (C=O) groups is 6. The third-order valence-electron chi connectivity index (χ3n) is 10.0. The molecule has 0 spiro atoms. The number of hydrogen-bond acceptors (Lipinski definition) is 7. The second-order valence-electron chi connectivity index (χ2n) is 15.2. The van der Waals surface area contributed by atoms with Gasteiger partial charge in [0.15, 0.2) is 5.82 Å². The second-order valence-corrected chi connectivity index (χ2v) is 15.2. The summed E-state index contributed by atoms with van der Waals surface area (Å²) in [7, 11) is 0. The number of nitrogens with one attached hydrogen (secondary N) is 5. The van der Waals surface area contributed by atoms with E-state index in [9.17, 15) is 28.8 Å². The fourth-order valence-corrected chi connectivity index (χ4v) is 7.06. The van der Waals surface area contributed by atoms with Gasteiger partial charge in [0.25, 0.3) is 11.8 Å². The van der Waals surface area contributed by atoms with E-state index in [-0.39, 0.29) is 29.6 Å². The zero-order valence-electron chi connectivity index (χ0n) is 29.4. The van der Waals surface area contributed by atoms with Crippen molar-refractivity contribution in [2.45, 2.75) is 136 Å². The summed E-state index contributed by atoms with van der Waals surface area (Å²) in [6, 6.07) is -3.75. The Morgan fingerprint density at radius 3 is 2.21 bits per heavy atom. The molecule has 2 aliphatic carbocycles. The molecule has 266 valence electrons. The molecule has 0 bridgehead atoms. The van der Waals surface area contributed by atoms with E-state index < -0.39 is 64.9 Å². The molecule has 0 aromatic carbocycles.